The topological polar surface area (TPSA) is 52.0 Å². The van der Waals surface area contributed by atoms with Gasteiger partial charge in [-0.25, -0.2) is 21.9 Å². The molecule has 0 spiro atoms. The van der Waals surface area contributed by atoms with Gasteiger partial charge in [0.05, 0.1) is 16.3 Å². The van der Waals surface area contributed by atoms with Crippen molar-refractivity contribution < 1.29 is 17.2 Å². The summed E-state index contributed by atoms with van der Waals surface area (Å²) in [6, 6.07) is 16.3. The number of hydrogen-bond donors (Lipinski definition) is 0. The lowest BCUT2D eigenvalue weighted by molar-refractivity contribution is -0.0384. The Morgan fingerprint density at radius 2 is 1.62 bits per heavy atom. The fourth-order valence-electron chi connectivity index (χ4n) is 3.82. The van der Waals surface area contributed by atoms with Gasteiger partial charge in [-0.05, 0) is 42.7 Å². The van der Waals surface area contributed by atoms with Gasteiger partial charge in [0.2, 0.25) is 5.92 Å². The molecule has 0 N–H and O–H groups in total. The second-order valence-electron chi connectivity index (χ2n) is 7.63. The van der Waals surface area contributed by atoms with Crippen molar-refractivity contribution in [1.82, 2.24) is 9.78 Å². The smallest absolute Gasteiger partial charge is 0.240 e. The molecule has 4 rings (SSSR count). The van der Waals surface area contributed by atoms with Crippen molar-refractivity contribution in [3.05, 3.63) is 66.5 Å². The summed E-state index contributed by atoms with van der Waals surface area (Å²) < 4.78 is 52.6. The predicted molar refractivity (Wildman–Crippen MR) is 108 cm³/mol. The summed E-state index contributed by atoms with van der Waals surface area (Å²) in [5, 5.41) is 4.75. The average Bonchev–Trinajstić information content (AvgIpc) is 3.13. The van der Waals surface area contributed by atoms with Crippen LogP contribution in [-0.2, 0) is 9.84 Å². The quantitative estimate of drug-likeness (QED) is 0.585. The number of hydrogen-bond acceptors (Lipinski definition) is 3. The minimum atomic E-state index is -3.29. The molecule has 0 aliphatic heterocycles. The molecule has 1 fully saturated rings. The maximum Gasteiger partial charge on any atom is 0.248 e. The maximum absolute atomic E-state index is 13.7. The second-order valence-corrected chi connectivity index (χ2v) is 9.65. The number of nitrogens with zero attached hydrogens (tertiary/aromatic N) is 2. The molecule has 1 aliphatic rings. The lowest BCUT2D eigenvalue weighted by atomic mass is 9.83. The van der Waals surface area contributed by atoms with Gasteiger partial charge in [-0.15, -0.1) is 0 Å². The zero-order valence-corrected chi connectivity index (χ0v) is 16.9. The van der Waals surface area contributed by atoms with Crippen LogP contribution in [0, 0.1) is 0 Å². The molecule has 152 valence electrons. The SMILES string of the molecule is CS(=O)(=O)c1ccc(-c2cn(-c3ccccc3)nc2C2CCC(F)(F)CC2)cc1. The minimum Gasteiger partial charge on any atom is -0.240 e. The summed E-state index contributed by atoms with van der Waals surface area (Å²) in [5.41, 5.74) is 3.35. The molecular formula is C22H22F2N2O2S. The van der Waals surface area contributed by atoms with E-state index >= 15 is 0 Å². The van der Waals surface area contributed by atoms with Crippen LogP contribution in [-0.4, -0.2) is 30.4 Å². The van der Waals surface area contributed by atoms with Crippen LogP contribution in [0.5, 0.6) is 0 Å². The third-order valence-corrected chi connectivity index (χ3v) is 6.59. The van der Waals surface area contributed by atoms with Gasteiger partial charge in [-0.3, -0.25) is 0 Å². The van der Waals surface area contributed by atoms with Crippen molar-refractivity contribution in [2.75, 3.05) is 6.26 Å². The Bertz CT molecular complexity index is 1100. The van der Waals surface area contributed by atoms with Gasteiger partial charge in [0.1, 0.15) is 0 Å². The van der Waals surface area contributed by atoms with Crippen LogP contribution >= 0.6 is 0 Å². The van der Waals surface area contributed by atoms with E-state index < -0.39 is 15.8 Å². The lowest BCUT2D eigenvalue weighted by Gasteiger charge is -2.27. The summed E-state index contributed by atoms with van der Waals surface area (Å²) in [5.74, 6) is -2.65. The summed E-state index contributed by atoms with van der Waals surface area (Å²) in [4.78, 5) is 0.246. The monoisotopic (exact) mass is 416 g/mol. The number of para-hydroxylation sites is 1. The van der Waals surface area contributed by atoms with Gasteiger partial charge in [-0.2, -0.15) is 5.10 Å². The van der Waals surface area contributed by atoms with Gasteiger partial charge in [0, 0.05) is 36.8 Å². The van der Waals surface area contributed by atoms with E-state index in [1.807, 2.05) is 36.5 Å². The molecule has 1 heterocycles. The van der Waals surface area contributed by atoms with Crippen molar-refractivity contribution in [3.63, 3.8) is 0 Å². The highest BCUT2D eigenvalue weighted by atomic mass is 32.2. The van der Waals surface area contributed by atoms with E-state index in [1.165, 1.54) is 6.26 Å². The van der Waals surface area contributed by atoms with Crippen LogP contribution in [0.25, 0.3) is 16.8 Å². The van der Waals surface area contributed by atoms with E-state index in [1.54, 1.807) is 28.9 Å². The van der Waals surface area contributed by atoms with E-state index in [0.29, 0.717) is 12.8 Å². The molecule has 1 aromatic heterocycles. The van der Waals surface area contributed by atoms with Crippen molar-refractivity contribution in [2.24, 2.45) is 0 Å². The summed E-state index contributed by atoms with van der Waals surface area (Å²) in [7, 11) is -3.29. The first kappa shape index (κ1) is 19.8. The number of benzene rings is 2. The standard InChI is InChI=1S/C22H22F2N2O2S/c1-29(27,28)19-9-7-16(8-10-19)20-15-26(18-5-3-2-4-6-18)25-21(20)17-11-13-22(23,24)14-12-17/h2-10,15,17H,11-14H2,1H3. The van der Waals surface area contributed by atoms with Crippen LogP contribution in [0.15, 0.2) is 65.7 Å². The third kappa shape index (κ3) is 4.24. The first-order chi connectivity index (χ1) is 13.7. The van der Waals surface area contributed by atoms with Gasteiger partial charge in [-0.1, -0.05) is 30.3 Å². The molecule has 0 amide bonds. The first-order valence-corrected chi connectivity index (χ1v) is 11.5. The molecule has 0 radical (unpaired) electrons. The molecule has 1 saturated carbocycles. The third-order valence-electron chi connectivity index (χ3n) is 5.46. The van der Waals surface area contributed by atoms with E-state index in [-0.39, 0.29) is 23.7 Å². The van der Waals surface area contributed by atoms with Gasteiger partial charge in [0.15, 0.2) is 9.84 Å². The number of halogens is 2. The Kier molecular flexibility index (Phi) is 5.02. The molecule has 1 aliphatic carbocycles. The molecule has 0 saturated heterocycles. The molecule has 2 aromatic carbocycles. The molecule has 29 heavy (non-hydrogen) atoms. The molecule has 4 nitrogen and oxygen atoms in total. The lowest BCUT2D eigenvalue weighted by Crippen LogP contribution is -2.24. The average molecular weight is 416 g/mol. The predicted octanol–water partition coefficient (Wildman–Crippen LogP) is 5.24. The molecular weight excluding hydrogens is 394 g/mol. The summed E-state index contributed by atoms with van der Waals surface area (Å²) >= 11 is 0. The van der Waals surface area contributed by atoms with Gasteiger partial charge in [0.25, 0.3) is 0 Å². The van der Waals surface area contributed by atoms with E-state index in [2.05, 4.69) is 0 Å². The number of sulfone groups is 1. The van der Waals surface area contributed by atoms with Crippen LogP contribution in [0.2, 0.25) is 0 Å². The zero-order valence-electron chi connectivity index (χ0n) is 16.1. The van der Waals surface area contributed by atoms with Crippen LogP contribution in [0.3, 0.4) is 0 Å². The Morgan fingerprint density at radius 1 is 1.00 bits per heavy atom. The zero-order chi connectivity index (χ0) is 20.6. The van der Waals surface area contributed by atoms with E-state index in [9.17, 15) is 17.2 Å². The van der Waals surface area contributed by atoms with Crippen LogP contribution in [0.4, 0.5) is 8.78 Å². The van der Waals surface area contributed by atoms with E-state index in [4.69, 9.17) is 5.10 Å². The van der Waals surface area contributed by atoms with Crippen molar-refractivity contribution >= 4 is 9.84 Å². The highest BCUT2D eigenvalue weighted by molar-refractivity contribution is 7.90. The largest absolute Gasteiger partial charge is 0.248 e. The first-order valence-electron chi connectivity index (χ1n) is 9.56. The normalized spacial score (nSPS) is 17.3. The fraction of sp³-hybridized carbons (Fsp3) is 0.318. The Morgan fingerprint density at radius 3 is 2.21 bits per heavy atom. The van der Waals surface area contributed by atoms with Crippen molar-refractivity contribution in [1.29, 1.82) is 0 Å². The number of alkyl halides is 2. The summed E-state index contributed by atoms with van der Waals surface area (Å²) in [6.45, 7) is 0. The van der Waals surface area contributed by atoms with Crippen LogP contribution < -0.4 is 0 Å². The highest BCUT2D eigenvalue weighted by Gasteiger charge is 2.37. The van der Waals surface area contributed by atoms with E-state index in [0.717, 1.165) is 22.5 Å². The molecule has 0 atom stereocenters. The molecule has 0 bridgehead atoms. The Balaban J connectivity index is 1.76. The van der Waals surface area contributed by atoms with Crippen LogP contribution in [0.1, 0.15) is 37.3 Å². The molecule has 3 aromatic rings. The Labute approximate surface area is 169 Å². The second kappa shape index (κ2) is 7.37. The summed E-state index contributed by atoms with van der Waals surface area (Å²) in [6.07, 6.45) is 3.56. The molecule has 0 unspecified atom stereocenters. The fourth-order valence-corrected chi connectivity index (χ4v) is 4.45. The van der Waals surface area contributed by atoms with Gasteiger partial charge < -0.3 is 0 Å². The minimum absolute atomic E-state index is 0.0517. The van der Waals surface area contributed by atoms with Crippen molar-refractivity contribution in [3.8, 4) is 16.8 Å². The molecule has 7 heteroatoms. The van der Waals surface area contributed by atoms with Gasteiger partial charge >= 0.3 is 0 Å². The Hall–Kier alpha value is -2.54. The highest BCUT2D eigenvalue weighted by Crippen LogP contribution is 2.43. The maximum atomic E-state index is 13.7. The number of aromatic nitrogens is 2. The number of rotatable bonds is 4. The van der Waals surface area contributed by atoms with Crippen molar-refractivity contribution in [2.45, 2.75) is 42.4 Å².